The first-order valence-corrected chi connectivity index (χ1v) is 9.34. The minimum absolute atomic E-state index is 0.0369. The van der Waals surface area contributed by atoms with Crippen LogP contribution in [-0.4, -0.2) is 47.2 Å². The summed E-state index contributed by atoms with van der Waals surface area (Å²) in [5, 5.41) is 0. The van der Waals surface area contributed by atoms with Gasteiger partial charge in [0.2, 0.25) is 0 Å². The van der Waals surface area contributed by atoms with Gasteiger partial charge in [-0.05, 0) is 24.8 Å². The lowest BCUT2D eigenvalue weighted by molar-refractivity contribution is -0.361. The average Bonchev–Trinajstić information content (AvgIpc) is 2.82. The Hall–Kier alpha value is -1.59. The molecule has 0 bridgehead atoms. The van der Waals surface area contributed by atoms with Crippen molar-refractivity contribution >= 4 is 5.82 Å². The molecule has 1 aromatic heterocycles. The predicted octanol–water partition coefficient (Wildman–Crippen LogP) is 2.03. The number of halogens is 1. The fourth-order valence-corrected chi connectivity index (χ4v) is 2.65. The molecule has 2 rings (SSSR count). The fourth-order valence-electron chi connectivity index (χ4n) is 2.65. The second kappa shape index (κ2) is 9.75. The molecule has 2 heterocycles. The van der Waals surface area contributed by atoms with E-state index >= 15 is 4.39 Å². The molecule has 28 heavy (non-hydrogen) atoms. The second-order valence-electron chi connectivity index (χ2n) is 7.88. The maximum Gasteiger partial charge on any atom is 0.351 e. The van der Waals surface area contributed by atoms with E-state index in [-0.39, 0.29) is 30.9 Å². The van der Waals surface area contributed by atoms with E-state index in [9.17, 15) is 4.79 Å². The van der Waals surface area contributed by atoms with Crippen LogP contribution in [0.4, 0.5) is 10.2 Å². The maximum atomic E-state index is 15.7. The van der Waals surface area contributed by atoms with E-state index in [0.717, 1.165) is 4.57 Å². The van der Waals surface area contributed by atoms with Crippen molar-refractivity contribution in [1.82, 2.24) is 9.55 Å². The second-order valence-corrected chi connectivity index (χ2v) is 7.88. The molecule has 160 valence electrons. The number of aromatic nitrogens is 2. The van der Waals surface area contributed by atoms with Gasteiger partial charge in [0, 0.05) is 6.20 Å². The van der Waals surface area contributed by atoms with E-state index in [1.54, 1.807) is 0 Å². The van der Waals surface area contributed by atoms with Crippen molar-refractivity contribution < 1.29 is 28.7 Å². The Morgan fingerprint density at radius 3 is 2.50 bits per heavy atom. The molecular formula is C18H30FN3O6. The third-order valence-corrected chi connectivity index (χ3v) is 4.07. The van der Waals surface area contributed by atoms with Crippen LogP contribution in [0.1, 0.15) is 40.8 Å². The van der Waals surface area contributed by atoms with Crippen molar-refractivity contribution in [1.29, 1.82) is 0 Å². The molecule has 1 aliphatic heterocycles. The first kappa shape index (κ1) is 22.7. The molecule has 0 saturated carbocycles. The largest absolute Gasteiger partial charge is 0.383 e. The minimum Gasteiger partial charge on any atom is -0.383 e. The summed E-state index contributed by atoms with van der Waals surface area (Å²) in [4.78, 5) is 36.6. The maximum absolute atomic E-state index is 15.7. The highest BCUT2D eigenvalue weighted by atomic mass is 19.1. The molecular weight excluding hydrogens is 373 g/mol. The van der Waals surface area contributed by atoms with Gasteiger partial charge in [0.25, 0.3) is 0 Å². The Balaban J connectivity index is 2.17. The van der Waals surface area contributed by atoms with Gasteiger partial charge in [-0.25, -0.2) is 28.7 Å². The molecule has 0 unspecified atom stereocenters. The molecule has 1 fully saturated rings. The van der Waals surface area contributed by atoms with Gasteiger partial charge in [0.05, 0.1) is 13.2 Å². The zero-order valence-corrected chi connectivity index (χ0v) is 17.0. The van der Waals surface area contributed by atoms with Crippen LogP contribution in [0.25, 0.3) is 0 Å². The molecule has 1 saturated heterocycles. The van der Waals surface area contributed by atoms with Gasteiger partial charge in [-0.2, -0.15) is 4.98 Å². The highest BCUT2D eigenvalue weighted by Crippen LogP contribution is 2.42. The van der Waals surface area contributed by atoms with Crippen LogP contribution in [0, 0.1) is 11.8 Å². The zero-order chi connectivity index (χ0) is 20.9. The molecule has 0 radical (unpaired) electrons. The molecule has 1 aromatic rings. The van der Waals surface area contributed by atoms with E-state index in [4.69, 9.17) is 30.0 Å². The monoisotopic (exact) mass is 403 g/mol. The first-order valence-electron chi connectivity index (χ1n) is 9.34. The van der Waals surface area contributed by atoms with Crippen molar-refractivity contribution in [2.45, 2.75) is 58.7 Å². The van der Waals surface area contributed by atoms with E-state index in [0.29, 0.717) is 6.61 Å². The van der Waals surface area contributed by atoms with E-state index in [2.05, 4.69) is 4.98 Å². The normalized spacial score (nSPS) is 27.8. The van der Waals surface area contributed by atoms with Gasteiger partial charge in [0.1, 0.15) is 18.5 Å². The van der Waals surface area contributed by atoms with Crippen LogP contribution in [0.3, 0.4) is 0 Å². The Morgan fingerprint density at radius 2 is 1.89 bits per heavy atom. The predicted molar refractivity (Wildman–Crippen MR) is 98.7 cm³/mol. The number of ether oxygens (including phenoxy) is 1. The third kappa shape index (κ3) is 5.71. The standard InChI is InChI=1S/C18H30FN3O6/c1-11(2)8-24-25-10-13-15(28-26-9-12(3)4)18(5,19)16(27-13)22-7-6-14(20)21-17(22)23/h6-7,11-13,15-16H,8-10H2,1-5H3,(H2,20,21,23)/t13-,15-,16-,18-/m1/s1. The van der Waals surface area contributed by atoms with Crippen molar-refractivity contribution in [2.75, 3.05) is 25.6 Å². The summed E-state index contributed by atoms with van der Waals surface area (Å²) in [6, 6.07) is 1.39. The Morgan fingerprint density at radius 1 is 1.25 bits per heavy atom. The number of nitrogen functional groups attached to an aromatic ring is 1. The van der Waals surface area contributed by atoms with Crippen LogP contribution in [-0.2, 0) is 24.3 Å². The summed E-state index contributed by atoms with van der Waals surface area (Å²) in [6.07, 6.45) is -1.98. The highest BCUT2D eigenvalue weighted by molar-refractivity contribution is 5.23. The zero-order valence-electron chi connectivity index (χ0n) is 17.0. The smallest absolute Gasteiger partial charge is 0.351 e. The number of rotatable bonds is 10. The third-order valence-electron chi connectivity index (χ3n) is 4.07. The summed E-state index contributed by atoms with van der Waals surface area (Å²) in [5.74, 6) is 0.497. The van der Waals surface area contributed by atoms with Crippen LogP contribution in [0.15, 0.2) is 17.1 Å². The summed E-state index contributed by atoms with van der Waals surface area (Å²) >= 11 is 0. The topological polar surface area (TPSA) is 107 Å². The molecule has 4 atom stereocenters. The Kier molecular flexibility index (Phi) is 7.90. The lowest BCUT2D eigenvalue weighted by Crippen LogP contribution is -2.44. The molecule has 10 heteroatoms. The quantitative estimate of drug-likeness (QED) is 0.359. The lowest BCUT2D eigenvalue weighted by Gasteiger charge is -2.27. The molecule has 0 aliphatic carbocycles. The minimum atomic E-state index is -2.11. The van der Waals surface area contributed by atoms with Crippen LogP contribution >= 0.6 is 0 Å². The molecule has 0 amide bonds. The first-order chi connectivity index (χ1) is 13.1. The Bertz CT molecular complexity index is 682. The van der Waals surface area contributed by atoms with Crippen molar-refractivity contribution in [3.8, 4) is 0 Å². The number of hydrogen-bond acceptors (Lipinski definition) is 8. The van der Waals surface area contributed by atoms with Crippen LogP contribution in [0.2, 0.25) is 0 Å². The van der Waals surface area contributed by atoms with Gasteiger partial charge in [0.15, 0.2) is 18.0 Å². The van der Waals surface area contributed by atoms with Crippen molar-refractivity contribution in [3.63, 3.8) is 0 Å². The molecule has 9 nitrogen and oxygen atoms in total. The summed E-state index contributed by atoms with van der Waals surface area (Å²) in [6.45, 7) is 9.64. The van der Waals surface area contributed by atoms with Crippen molar-refractivity contribution in [3.05, 3.63) is 22.7 Å². The van der Waals surface area contributed by atoms with E-state index in [1.807, 2.05) is 27.7 Å². The molecule has 0 aromatic carbocycles. The fraction of sp³-hybridized carbons (Fsp3) is 0.778. The van der Waals surface area contributed by atoms with E-state index in [1.165, 1.54) is 19.2 Å². The lowest BCUT2D eigenvalue weighted by atomic mass is 9.98. The van der Waals surface area contributed by atoms with Gasteiger partial charge in [-0.15, -0.1) is 0 Å². The molecule has 0 spiro atoms. The SMILES string of the molecule is CC(C)COOC[C@H]1O[C@@H](n2ccc(N)nc2=O)[C@](C)(F)[C@@H]1OOCC(C)C. The highest BCUT2D eigenvalue weighted by Gasteiger charge is 2.58. The Labute approximate surface area is 163 Å². The van der Waals surface area contributed by atoms with E-state index < -0.39 is 29.8 Å². The number of nitrogens with zero attached hydrogens (tertiary/aromatic N) is 2. The number of nitrogens with two attached hydrogens (primary N) is 1. The molecule has 2 N–H and O–H groups in total. The van der Waals surface area contributed by atoms with Crippen molar-refractivity contribution in [2.24, 2.45) is 11.8 Å². The van der Waals surface area contributed by atoms with Gasteiger partial charge >= 0.3 is 5.69 Å². The average molecular weight is 403 g/mol. The summed E-state index contributed by atoms with van der Waals surface area (Å²) < 4.78 is 22.5. The molecule has 1 aliphatic rings. The van der Waals surface area contributed by atoms with Gasteiger partial charge in [-0.3, -0.25) is 4.57 Å². The van der Waals surface area contributed by atoms with Crippen LogP contribution in [0.5, 0.6) is 0 Å². The number of alkyl halides is 1. The van der Waals surface area contributed by atoms with Gasteiger partial charge < -0.3 is 10.5 Å². The van der Waals surface area contributed by atoms with Crippen LogP contribution < -0.4 is 11.4 Å². The summed E-state index contributed by atoms with van der Waals surface area (Å²) in [7, 11) is 0. The number of hydrogen-bond donors (Lipinski definition) is 1. The van der Waals surface area contributed by atoms with Gasteiger partial charge in [-0.1, -0.05) is 27.7 Å². The number of anilines is 1. The summed E-state index contributed by atoms with van der Waals surface area (Å²) in [5.41, 5.74) is 2.67.